The summed E-state index contributed by atoms with van der Waals surface area (Å²) in [7, 11) is 0. The molecule has 76 heavy (non-hydrogen) atoms. The highest BCUT2D eigenvalue weighted by molar-refractivity contribution is 5.98. The topological polar surface area (TPSA) is 15.3 Å². The highest BCUT2D eigenvalue weighted by Gasteiger charge is 2.15. The van der Waals surface area contributed by atoms with E-state index < -0.39 is 0 Å². The second kappa shape index (κ2) is 22.0. The first kappa shape index (κ1) is 47.0. The van der Waals surface area contributed by atoms with Crippen molar-refractivity contribution in [2.24, 2.45) is 0 Å². The van der Waals surface area contributed by atoms with E-state index in [9.17, 15) is 0 Å². The third kappa shape index (κ3) is 10.4. The summed E-state index contributed by atoms with van der Waals surface area (Å²) in [5.74, 6) is 0. The fourth-order valence-electron chi connectivity index (χ4n) is 10.2. The van der Waals surface area contributed by atoms with Crippen molar-refractivity contribution in [2.45, 2.75) is 0 Å². The Kier molecular flexibility index (Phi) is 13.6. The maximum atomic E-state index is 3.46. The van der Waals surface area contributed by atoms with Crippen molar-refractivity contribution in [1.29, 1.82) is 0 Å². The van der Waals surface area contributed by atoms with Crippen molar-refractivity contribution >= 4 is 55.9 Å². The van der Waals surface area contributed by atoms with Gasteiger partial charge in [-0.3, -0.25) is 0 Å². The summed E-state index contributed by atoms with van der Waals surface area (Å²) in [5.41, 5.74) is 19.7. The molecule has 0 aliphatic carbocycles. The summed E-state index contributed by atoms with van der Waals surface area (Å²) in [6.07, 6.45) is 10.7. The van der Waals surface area contributed by atoms with Crippen LogP contribution in [0.15, 0.2) is 316 Å². The molecule has 1 N–H and O–H groups in total. The maximum Gasteiger partial charge on any atom is 0.0462 e. The normalized spacial score (nSPS) is 11.7. The molecule has 0 amide bonds. The third-order valence-electron chi connectivity index (χ3n) is 14.2. The standard InChI is InChI=1S/C74H54N2/c1-3-14-55(15-4-1)60-37-45-67(46-38-60)75-53-13-22-65(73-25-11-20-63-18-7-9-23-71(63)73)32-29-54-27-30-57(31-28-54)58-33-35-59(36-34-58)62-41-49-69(50-42-62)76(68-47-39-61(40-48-68)56-16-5-2-6-17-56)70-51-43-66(44-52-70)74-26-12-21-64-19-8-10-24-72(64)74/h1-53,75H/b32-29-,53-13+,65-22+. The predicted octanol–water partition coefficient (Wildman–Crippen LogP) is 20.5. The quantitative estimate of drug-likeness (QED) is 0.109. The molecule has 0 radical (unpaired) electrons. The number of nitrogens with one attached hydrogen (secondary N) is 1. The molecular weight excluding hydrogens is 917 g/mol. The molecule has 0 bridgehead atoms. The highest BCUT2D eigenvalue weighted by Crippen LogP contribution is 2.39. The Morgan fingerprint density at radius 1 is 0.316 bits per heavy atom. The molecule has 0 aromatic heterocycles. The molecule has 0 atom stereocenters. The van der Waals surface area contributed by atoms with Crippen LogP contribution >= 0.6 is 0 Å². The van der Waals surface area contributed by atoms with Crippen LogP contribution in [0.3, 0.4) is 0 Å². The van der Waals surface area contributed by atoms with Crippen molar-refractivity contribution < 1.29 is 0 Å². The van der Waals surface area contributed by atoms with E-state index >= 15 is 0 Å². The first-order chi connectivity index (χ1) is 37.7. The van der Waals surface area contributed by atoms with Crippen molar-refractivity contribution in [1.82, 2.24) is 0 Å². The van der Waals surface area contributed by atoms with Gasteiger partial charge in [0.05, 0.1) is 0 Å². The van der Waals surface area contributed by atoms with E-state index in [1.165, 1.54) is 82.7 Å². The van der Waals surface area contributed by atoms with Crippen LogP contribution in [-0.4, -0.2) is 0 Å². The van der Waals surface area contributed by atoms with E-state index in [0.717, 1.165) is 33.9 Å². The molecule has 12 rings (SSSR count). The smallest absolute Gasteiger partial charge is 0.0462 e. The third-order valence-corrected chi connectivity index (χ3v) is 14.2. The number of nitrogens with zero attached hydrogens (tertiary/aromatic N) is 1. The van der Waals surface area contributed by atoms with Crippen LogP contribution in [0.25, 0.3) is 88.8 Å². The molecule has 0 heterocycles. The molecule has 0 aliphatic heterocycles. The van der Waals surface area contributed by atoms with Crippen LogP contribution in [0.2, 0.25) is 0 Å². The van der Waals surface area contributed by atoms with Gasteiger partial charge in [0.2, 0.25) is 0 Å². The van der Waals surface area contributed by atoms with Gasteiger partial charge < -0.3 is 10.2 Å². The Morgan fingerprint density at radius 3 is 1.25 bits per heavy atom. The first-order valence-electron chi connectivity index (χ1n) is 26.0. The molecule has 2 heteroatoms. The Morgan fingerprint density at radius 2 is 0.711 bits per heavy atom. The van der Waals surface area contributed by atoms with Gasteiger partial charge in [0.15, 0.2) is 0 Å². The monoisotopic (exact) mass is 970 g/mol. The van der Waals surface area contributed by atoms with Crippen LogP contribution in [0.5, 0.6) is 0 Å². The molecule has 0 fully saturated rings. The van der Waals surface area contributed by atoms with Crippen LogP contribution in [0.1, 0.15) is 11.1 Å². The minimum Gasteiger partial charge on any atom is -0.362 e. The fraction of sp³-hybridized carbons (Fsp3) is 0. The summed E-state index contributed by atoms with van der Waals surface area (Å²) >= 11 is 0. The van der Waals surface area contributed by atoms with E-state index in [4.69, 9.17) is 0 Å². The van der Waals surface area contributed by atoms with E-state index in [1.807, 2.05) is 12.3 Å². The van der Waals surface area contributed by atoms with Gasteiger partial charge in [0.25, 0.3) is 0 Å². The van der Waals surface area contributed by atoms with Gasteiger partial charge in [-0.05, 0) is 148 Å². The summed E-state index contributed by atoms with van der Waals surface area (Å²) < 4.78 is 0. The molecular formula is C74H54N2. The highest BCUT2D eigenvalue weighted by atomic mass is 15.1. The lowest BCUT2D eigenvalue weighted by molar-refractivity contribution is 1.28. The van der Waals surface area contributed by atoms with Crippen molar-refractivity contribution in [3.05, 3.63) is 327 Å². The Bertz CT molecular complexity index is 3980. The molecule has 0 saturated heterocycles. The number of fused-ring (bicyclic) bond motifs is 2. The number of rotatable bonds is 14. The zero-order valence-electron chi connectivity index (χ0n) is 42.0. The summed E-state index contributed by atoms with van der Waals surface area (Å²) in [5, 5.41) is 8.40. The van der Waals surface area contributed by atoms with Crippen LogP contribution in [0.4, 0.5) is 22.7 Å². The molecule has 0 spiro atoms. The van der Waals surface area contributed by atoms with E-state index in [0.29, 0.717) is 0 Å². The van der Waals surface area contributed by atoms with Gasteiger partial charge in [-0.2, -0.15) is 0 Å². The lowest BCUT2D eigenvalue weighted by atomic mass is 9.96. The van der Waals surface area contributed by atoms with E-state index in [1.54, 1.807) is 0 Å². The van der Waals surface area contributed by atoms with E-state index in [-0.39, 0.29) is 0 Å². The first-order valence-corrected chi connectivity index (χ1v) is 26.0. The van der Waals surface area contributed by atoms with Crippen LogP contribution < -0.4 is 10.2 Å². The molecule has 360 valence electrons. The Balaban J connectivity index is 0.763. The molecule has 0 aliphatic rings. The second-order valence-corrected chi connectivity index (χ2v) is 19.0. The maximum absolute atomic E-state index is 3.46. The minimum absolute atomic E-state index is 1.04. The molecule has 12 aromatic carbocycles. The van der Waals surface area contributed by atoms with Gasteiger partial charge in [0, 0.05) is 28.9 Å². The Hall–Kier alpha value is -10.0. The number of hydrogen-bond acceptors (Lipinski definition) is 2. The Labute approximate surface area is 446 Å². The fourth-order valence-corrected chi connectivity index (χ4v) is 10.2. The van der Waals surface area contributed by atoms with Crippen LogP contribution in [0, 0.1) is 0 Å². The summed E-state index contributed by atoms with van der Waals surface area (Å²) in [4.78, 5) is 2.34. The van der Waals surface area contributed by atoms with Crippen LogP contribution in [-0.2, 0) is 0 Å². The molecule has 0 saturated carbocycles. The van der Waals surface area contributed by atoms with Gasteiger partial charge >= 0.3 is 0 Å². The lowest BCUT2D eigenvalue weighted by Crippen LogP contribution is -2.09. The molecule has 2 nitrogen and oxygen atoms in total. The van der Waals surface area contributed by atoms with Gasteiger partial charge in [-0.25, -0.2) is 0 Å². The number of anilines is 4. The number of allylic oxidation sites excluding steroid dienone is 4. The second-order valence-electron chi connectivity index (χ2n) is 19.0. The predicted molar refractivity (Wildman–Crippen MR) is 326 cm³/mol. The largest absolute Gasteiger partial charge is 0.362 e. The summed E-state index contributed by atoms with van der Waals surface area (Å²) in [6, 6.07) is 104. The molecule has 0 unspecified atom stereocenters. The average molecular weight is 971 g/mol. The average Bonchev–Trinajstić information content (AvgIpc) is 3.51. The lowest BCUT2D eigenvalue weighted by Gasteiger charge is -2.26. The van der Waals surface area contributed by atoms with Gasteiger partial charge in [-0.1, -0.05) is 261 Å². The van der Waals surface area contributed by atoms with Gasteiger partial charge in [0.1, 0.15) is 0 Å². The van der Waals surface area contributed by atoms with Crippen molar-refractivity contribution in [2.75, 3.05) is 10.2 Å². The van der Waals surface area contributed by atoms with Crippen molar-refractivity contribution in [3.8, 4) is 55.6 Å². The minimum atomic E-state index is 1.04. The molecule has 12 aromatic rings. The SMILES string of the molecule is C(=C/c1ccc(-c2ccc(-c3ccc(N(c4ccc(-c5ccccc5)cc4)c4ccc(-c5cccc6ccccc56)cc4)cc3)cc2)cc1)/C(=C\C=C\Nc1ccc(-c2ccccc2)cc1)c1cccc2ccccc12. The van der Waals surface area contributed by atoms with Gasteiger partial charge in [-0.15, -0.1) is 0 Å². The number of benzene rings is 12. The van der Waals surface area contributed by atoms with E-state index in [2.05, 4.69) is 320 Å². The zero-order valence-corrected chi connectivity index (χ0v) is 42.0. The number of hydrogen-bond donors (Lipinski definition) is 1. The van der Waals surface area contributed by atoms with Crippen molar-refractivity contribution in [3.63, 3.8) is 0 Å². The zero-order chi connectivity index (χ0) is 50.9. The summed E-state index contributed by atoms with van der Waals surface area (Å²) in [6.45, 7) is 0.